The molecule has 3 rings (SSSR count). The zero-order chi connectivity index (χ0) is 13.9. The van der Waals surface area contributed by atoms with Crippen LogP contribution in [0.2, 0.25) is 0 Å². The van der Waals surface area contributed by atoms with E-state index in [4.69, 9.17) is 5.11 Å². The molecule has 0 saturated carbocycles. The molecule has 104 valence electrons. The highest BCUT2D eigenvalue weighted by molar-refractivity contribution is 5.58. The predicted octanol–water partition coefficient (Wildman–Crippen LogP) is 1.35. The lowest BCUT2D eigenvalue weighted by atomic mass is 10.0. The number of nitrogens with zero attached hydrogens (tertiary/aromatic N) is 1. The minimum Gasteiger partial charge on any atom is -0.492 e. The molecule has 0 aromatic carbocycles. The Morgan fingerprint density at radius 3 is 2.05 bits per heavy atom. The first kappa shape index (κ1) is 12.2. The van der Waals surface area contributed by atoms with Gasteiger partial charge in [0.05, 0.1) is 0 Å². The summed E-state index contributed by atoms with van der Waals surface area (Å²) in [6.45, 7) is 0. The van der Waals surface area contributed by atoms with Crippen molar-refractivity contribution in [1.29, 1.82) is 0 Å². The van der Waals surface area contributed by atoms with Crippen molar-refractivity contribution >= 4 is 0 Å². The lowest BCUT2D eigenvalue weighted by Gasteiger charge is -2.17. The molecule has 0 amide bonds. The molecule has 1 heterocycles. The summed E-state index contributed by atoms with van der Waals surface area (Å²) in [6, 6.07) is 0. The van der Waals surface area contributed by atoms with Crippen LogP contribution in [-0.4, -0.2) is 32.5 Å². The summed E-state index contributed by atoms with van der Waals surface area (Å²) < 4.78 is 36.8. The van der Waals surface area contributed by atoms with E-state index in [1.807, 2.05) is 12.2 Å². The third-order valence-electron chi connectivity index (χ3n) is 3.47. The Labute approximate surface area is 105 Å². The molecule has 19 heavy (non-hydrogen) atoms. The van der Waals surface area contributed by atoms with Gasteiger partial charge in [0, 0.05) is 23.0 Å². The van der Waals surface area contributed by atoms with Gasteiger partial charge in [-0.15, -0.1) is 4.73 Å². The number of aromatic hydroxyl groups is 2. The second-order valence-electron chi connectivity index (χ2n) is 4.60. The molecule has 3 unspecified atom stereocenters. The third-order valence-corrected chi connectivity index (χ3v) is 3.47. The number of halogens is 3. The molecule has 8 heteroatoms. The first-order chi connectivity index (χ1) is 8.80. The first-order valence-corrected chi connectivity index (χ1v) is 5.57. The molecule has 0 saturated heterocycles. The van der Waals surface area contributed by atoms with Crippen molar-refractivity contribution in [3.05, 3.63) is 23.3 Å². The van der Waals surface area contributed by atoms with E-state index in [0.717, 1.165) is 0 Å². The van der Waals surface area contributed by atoms with Crippen LogP contribution in [-0.2, 0) is 0 Å². The summed E-state index contributed by atoms with van der Waals surface area (Å²) in [6.07, 6.45) is -3.82. The van der Waals surface area contributed by atoms with Crippen LogP contribution >= 0.6 is 0 Å². The van der Waals surface area contributed by atoms with Crippen molar-refractivity contribution in [3.63, 3.8) is 0 Å². The number of alkyl halides is 3. The van der Waals surface area contributed by atoms with Crippen molar-refractivity contribution < 1.29 is 33.3 Å². The molecule has 0 aliphatic heterocycles. The minimum absolute atomic E-state index is 0.140. The van der Waals surface area contributed by atoms with Crippen molar-refractivity contribution in [2.45, 2.75) is 30.7 Å². The number of hydrogen-bond acceptors (Lipinski definition) is 4. The van der Waals surface area contributed by atoms with Crippen molar-refractivity contribution in [3.8, 4) is 11.8 Å². The van der Waals surface area contributed by atoms with Gasteiger partial charge >= 0.3 is 12.5 Å². The standard InChI is InChI=1S/C11H10F3NO4/c12-11(13,14)10(18)19-15-8(16)6-4-1-2-5(3-4)7(6)9(15)17/h1-2,4-5,10,16-18H,3H2. The van der Waals surface area contributed by atoms with Gasteiger partial charge in [0.25, 0.3) is 0 Å². The highest BCUT2D eigenvalue weighted by Crippen LogP contribution is 2.56. The number of hydrogen-bond donors (Lipinski definition) is 3. The van der Waals surface area contributed by atoms with Gasteiger partial charge in [0.15, 0.2) is 0 Å². The molecule has 2 aliphatic carbocycles. The Hall–Kier alpha value is -1.83. The predicted molar refractivity (Wildman–Crippen MR) is 55.6 cm³/mol. The Morgan fingerprint density at radius 1 is 1.16 bits per heavy atom. The van der Waals surface area contributed by atoms with E-state index < -0.39 is 24.2 Å². The Bertz CT molecular complexity index is 528. The molecule has 2 bridgehead atoms. The molecule has 0 fully saturated rings. The molecule has 5 nitrogen and oxygen atoms in total. The van der Waals surface area contributed by atoms with Gasteiger partial charge in [-0.25, -0.2) is 0 Å². The van der Waals surface area contributed by atoms with Gasteiger partial charge in [0.1, 0.15) is 0 Å². The van der Waals surface area contributed by atoms with Crippen LogP contribution in [0.15, 0.2) is 12.2 Å². The highest BCUT2D eigenvalue weighted by atomic mass is 19.4. The van der Waals surface area contributed by atoms with Crippen molar-refractivity contribution in [1.82, 2.24) is 4.73 Å². The van der Waals surface area contributed by atoms with Crippen LogP contribution in [0.4, 0.5) is 13.2 Å². The highest BCUT2D eigenvalue weighted by Gasteiger charge is 2.45. The minimum atomic E-state index is -5.01. The molecule has 0 radical (unpaired) electrons. The van der Waals surface area contributed by atoms with Crippen LogP contribution < -0.4 is 4.84 Å². The fraction of sp³-hybridized carbons (Fsp3) is 0.455. The fourth-order valence-corrected chi connectivity index (χ4v) is 2.68. The average Bonchev–Trinajstić information content (AvgIpc) is 2.97. The molecule has 2 aliphatic rings. The summed E-state index contributed by atoms with van der Waals surface area (Å²) in [5, 5.41) is 28.5. The van der Waals surface area contributed by atoms with Gasteiger partial charge in [-0.05, 0) is 6.42 Å². The number of aromatic nitrogens is 1. The molecule has 1 aromatic heterocycles. The van der Waals surface area contributed by atoms with E-state index in [-0.39, 0.29) is 16.6 Å². The van der Waals surface area contributed by atoms with E-state index in [1.54, 1.807) is 0 Å². The van der Waals surface area contributed by atoms with Crippen LogP contribution in [0.25, 0.3) is 0 Å². The Kier molecular flexibility index (Phi) is 2.31. The Balaban J connectivity index is 1.97. The topological polar surface area (TPSA) is 74.9 Å². The van der Waals surface area contributed by atoms with Crippen LogP contribution in [0.1, 0.15) is 29.4 Å². The van der Waals surface area contributed by atoms with Crippen molar-refractivity contribution in [2.75, 3.05) is 0 Å². The van der Waals surface area contributed by atoms with E-state index >= 15 is 0 Å². The van der Waals surface area contributed by atoms with E-state index in [9.17, 15) is 23.4 Å². The molecule has 3 atom stereocenters. The van der Waals surface area contributed by atoms with Crippen LogP contribution in [0, 0.1) is 0 Å². The lowest BCUT2D eigenvalue weighted by molar-refractivity contribution is -0.294. The van der Waals surface area contributed by atoms with Crippen LogP contribution in [0.5, 0.6) is 11.8 Å². The molecule has 1 aromatic rings. The summed E-state index contributed by atoms with van der Waals surface area (Å²) in [5.74, 6) is -1.49. The molecule has 3 N–H and O–H groups in total. The maximum Gasteiger partial charge on any atom is 0.454 e. The molecule has 0 spiro atoms. The van der Waals surface area contributed by atoms with E-state index in [2.05, 4.69) is 4.84 Å². The number of aliphatic hydroxyl groups is 1. The largest absolute Gasteiger partial charge is 0.492 e. The number of rotatable bonds is 2. The quantitative estimate of drug-likeness (QED) is 0.563. The molecular weight excluding hydrogens is 267 g/mol. The van der Waals surface area contributed by atoms with Gasteiger partial charge in [-0.1, -0.05) is 12.2 Å². The molecular formula is C11H10F3NO4. The summed E-state index contributed by atoms with van der Waals surface area (Å²) >= 11 is 0. The van der Waals surface area contributed by atoms with Gasteiger partial charge in [0.2, 0.25) is 11.8 Å². The van der Waals surface area contributed by atoms with Crippen LogP contribution in [0.3, 0.4) is 0 Å². The summed E-state index contributed by atoms with van der Waals surface area (Å²) in [4.78, 5) is 4.18. The van der Waals surface area contributed by atoms with E-state index in [0.29, 0.717) is 17.5 Å². The lowest BCUT2D eigenvalue weighted by Crippen LogP contribution is -2.38. The maximum atomic E-state index is 12.2. The summed E-state index contributed by atoms with van der Waals surface area (Å²) in [7, 11) is 0. The third kappa shape index (κ3) is 1.59. The van der Waals surface area contributed by atoms with Gasteiger partial charge in [-0.2, -0.15) is 13.2 Å². The number of allylic oxidation sites excluding steroid dienone is 2. The second-order valence-corrected chi connectivity index (χ2v) is 4.60. The average molecular weight is 277 g/mol. The first-order valence-electron chi connectivity index (χ1n) is 5.57. The fourth-order valence-electron chi connectivity index (χ4n) is 2.68. The monoisotopic (exact) mass is 277 g/mol. The number of fused-ring (bicyclic) bond motifs is 5. The maximum absolute atomic E-state index is 12.2. The van der Waals surface area contributed by atoms with E-state index in [1.165, 1.54) is 0 Å². The number of aliphatic hydroxyl groups excluding tert-OH is 1. The SMILES string of the molecule is Oc1c2c(c(O)n1OC(O)C(F)(F)F)C1C=CC2C1. The zero-order valence-electron chi connectivity index (χ0n) is 9.42. The smallest absolute Gasteiger partial charge is 0.454 e. The zero-order valence-corrected chi connectivity index (χ0v) is 9.42. The normalized spacial score (nSPS) is 25.7. The van der Waals surface area contributed by atoms with Crippen molar-refractivity contribution in [2.24, 2.45) is 0 Å². The Morgan fingerprint density at radius 2 is 1.63 bits per heavy atom. The summed E-state index contributed by atoms with van der Waals surface area (Å²) in [5.41, 5.74) is 0.721. The van der Waals surface area contributed by atoms with Gasteiger partial charge in [-0.3, -0.25) is 0 Å². The second kappa shape index (κ2) is 3.60. The van der Waals surface area contributed by atoms with Gasteiger partial charge < -0.3 is 20.2 Å².